The summed E-state index contributed by atoms with van der Waals surface area (Å²) in [6.45, 7) is 8.98. The summed E-state index contributed by atoms with van der Waals surface area (Å²) in [7, 11) is 3.90. The normalized spacial score (nSPS) is 13.8. The van der Waals surface area contributed by atoms with Crippen molar-refractivity contribution in [1.29, 1.82) is 0 Å². The maximum absolute atomic E-state index is 6.41. The van der Waals surface area contributed by atoms with Crippen LogP contribution >= 0.6 is 11.6 Å². The number of nitrogens with one attached hydrogen (secondary N) is 1. The van der Waals surface area contributed by atoms with Crippen LogP contribution in [0.15, 0.2) is 0 Å². The molecule has 1 heterocycles. The molecule has 5 heteroatoms. The molecule has 0 radical (unpaired) electrons. The number of aromatic nitrogens is 2. The molecule has 1 aromatic rings. The zero-order valence-electron chi connectivity index (χ0n) is 12.9. The fourth-order valence-electron chi connectivity index (χ4n) is 2.40. The van der Waals surface area contributed by atoms with Crippen LogP contribution in [0.25, 0.3) is 0 Å². The number of hydrogen-bond donors (Lipinski definition) is 1. The molecule has 0 saturated carbocycles. The van der Waals surface area contributed by atoms with E-state index >= 15 is 0 Å². The van der Waals surface area contributed by atoms with Crippen molar-refractivity contribution in [2.75, 3.05) is 13.7 Å². The molecule has 0 bridgehead atoms. The zero-order valence-corrected chi connectivity index (χ0v) is 13.6. The van der Waals surface area contributed by atoms with Crippen LogP contribution in [0.2, 0.25) is 5.02 Å². The van der Waals surface area contributed by atoms with E-state index in [4.69, 9.17) is 16.3 Å². The molecule has 1 N–H and O–H groups in total. The number of ether oxygens (including phenoxy) is 1. The largest absolute Gasteiger partial charge is 0.374 e. The molecule has 19 heavy (non-hydrogen) atoms. The van der Waals surface area contributed by atoms with Gasteiger partial charge in [-0.1, -0.05) is 18.5 Å². The average molecular weight is 288 g/mol. The Kier molecular flexibility index (Phi) is 5.83. The van der Waals surface area contributed by atoms with Crippen molar-refractivity contribution in [3.8, 4) is 0 Å². The highest BCUT2D eigenvalue weighted by Crippen LogP contribution is 2.25. The van der Waals surface area contributed by atoms with Crippen LogP contribution in [-0.4, -0.2) is 35.1 Å². The Morgan fingerprint density at radius 1 is 1.42 bits per heavy atom. The van der Waals surface area contributed by atoms with Crippen LogP contribution in [0.3, 0.4) is 0 Å². The Hall–Kier alpha value is -0.580. The van der Waals surface area contributed by atoms with Crippen LogP contribution in [0.1, 0.15) is 39.1 Å². The molecule has 0 aliphatic carbocycles. The fourth-order valence-corrected chi connectivity index (χ4v) is 2.77. The first-order valence-electron chi connectivity index (χ1n) is 6.88. The zero-order chi connectivity index (χ0) is 14.6. The highest BCUT2D eigenvalue weighted by molar-refractivity contribution is 6.31. The van der Waals surface area contributed by atoms with E-state index in [1.807, 2.05) is 25.7 Å². The Balaban J connectivity index is 2.96. The van der Waals surface area contributed by atoms with Crippen molar-refractivity contribution in [3.63, 3.8) is 0 Å². The topological polar surface area (TPSA) is 39.1 Å². The van der Waals surface area contributed by atoms with Gasteiger partial charge in [-0.05, 0) is 34.2 Å². The highest BCUT2D eigenvalue weighted by atomic mass is 35.5. The van der Waals surface area contributed by atoms with Crippen LogP contribution in [0.4, 0.5) is 0 Å². The number of halogens is 1. The molecular formula is C14H26ClN3O. The van der Waals surface area contributed by atoms with Gasteiger partial charge in [0.25, 0.3) is 0 Å². The number of rotatable bonds is 7. The van der Waals surface area contributed by atoms with E-state index in [9.17, 15) is 0 Å². The molecule has 1 atom stereocenters. The molecule has 0 aliphatic heterocycles. The number of hydrogen-bond acceptors (Lipinski definition) is 3. The lowest BCUT2D eigenvalue weighted by Gasteiger charge is -2.34. The minimum Gasteiger partial charge on any atom is -0.374 e. The van der Waals surface area contributed by atoms with Gasteiger partial charge in [0, 0.05) is 26.1 Å². The van der Waals surface area contributed by atoms with Crippen LogP contribution in [0.5, 0.6) is 0 Å². The van der Waals surface area contributed by atoms with E-state index in [0.717, 1.165) is 29.3 Å². The Morgan fingerprint density at radius 3 is 2.47 bits per heavy atom. The van der Waals surface area contributed by atoms with Crippen molar-refractivity contribution in [3.05, 3.63) is 16.4 Å². The average Bonchev–Trinajstić information content (AvgIpc) is 2.61. The minimum atomic E-state index is -0.247. The second-order valence-corrected chi connectivity index (χ2v) is 5.64. The second-order valence-electron chi connectivity index (χ2n) is 5.27. The lowest BCUT2D eigenvalue weighted by molar-refractivity contribution is -0.0366. The molecular weight excluding hydrogens is 262 g/mol. The van der Waals surface area contributed by atoms with E-state index < -0.39 is 0 Å². The smallest absolute Gasteiger partial charge is 0.0850 e. The first-order chi connectivity index (χ1) is 8.87. The SMILES string of the molecule is CCOC(C)(C)C(Cc1c(Cl)c(CC)nn1C)NC. The van der Waals surface area contributed by atoms with E-state index in [2.05, 4.69) is 31.2 Å². The standard InChI is InChI=1S/C14H26ClN3O/c1-7-10-13(15)11(18(6)17-10)9-12(16-5)14(3,4)19-8-2/h12,16H,7-9H2,1-6H3. The summed E-state index contributed by atoms with van der Waals surface area (Å²) in [6.07, 6.45) is 1.65. The van der Waals surface area contributed by atoms with E-state index in [1.54, 1.807) is 0 Å². The lowest BCUT2D eigenvalue weighted by Crippen LogP contribution is -2.48. The van der Waals surface area contributed by atoms with Crippen LogP contribution < -0.4 is 5.32 Å². The van der Waals surface area contributed by atoms with Gasteiger partial charge in [0.2, 0.25) is 0 Å². The molecule has 0 amide bonds. The quantitative estimate of drug-likeness (QED) is 0.838. The minimum absolute atomic E-state index is 0.185. The van der Waals surface area contributed by atoms with Crippen molar-refractivity contribution in [2.45, 2.75) is 52.2 Å². The molecule has 0 saturated heterocycles. The summed E-state index contributed by atoms with van der Waals surface area (Å²) in [6, 6.07) is 0.185. The van der Waals surface area contributed by atoms with Gasteiger partial charge in [-0.15, -0.1) is 0 Å². The van der Waals surface area contributed by atoms with Crippen molar-refractivity contribution >= 4 is 11.6 Å². The molecule has 1 rings (SSSR count). The molecule has 1 aromatic heterocycles. The maximum atomic E-state index is 6.41. The van der Waals surface area contributed by atoms with Crippen LogP contribution in [0, 0.1) is 0 Å². The summed E-state index contributed by atoms with van der Waals surface area (Å²) >= 11 is 6.41. The first kappa shape index (κ1) is 16.5. The van der Waals surface area contributed by atoms with Crippen molar-refractivity contribution in [1.82, 2.24) is 15.1 Å². The van der Waals surface area contributed by atoms with Gasteiger partial charge in [0.1, 0.15) is 0 Å². The van der Waals surface area contributed by atoms with Crippen molar-refractivity contribution < 1.29 is 4.74 Å². The van der Waals surface area contributed by atoms with E-state index in [-0.39, 0.29) is 11.6 Å². The van der Waals surface area contributed by atoms with E-state index in [0.29, 0.717) is 6.61 Å². The van der Waals surface area contributed by atoms with E-state index in [1.165, 1.54) is 0 Å². The molecule has 0 spiro atoms. The third kappa shape index (κ3) is 3.71. The van der Waals surface area contributed by atoms with Gasteiger partial charge >= 0.3 is 0 Å². The highest BCUT2D eigenvalue weighted by Gasteiger charge is 2.30. The molecule has 0 aliphatic rings. The first-order valence-corrected chi connectivity index (χ1v) is 7.26. The summed E-state index contributed by atoms with van der Waals surface area (Å²) in [5.41, 5.74) is 1.78. The summed E-state index contributed by atoms with van der Waals surface area (Å²) < 4.78 is 7.71. The Morgan fingerprint density at radius 2 is 2.05 bits per heavy atom. The second kappa shape index (κ2) is 6.73. The van der Waals surface area contributed by atoms with Gasteiger partial charge < -0.3 is 10.1 Å². The third-order valence-corrected chi connectivity index (χ3v) is 4.04. The molecule has 1 unspecified atom stereocenters. The molecule has 0 fully saturated rings. The monoisotopic (exact) mass is 287 g/mol. The fraction of sp³-hybridized carbons (Fsp3) is 0.786. The molecule has 0 aromatic carbocycles. The summed E-state index contributed by atoms with van der Waals surface area (Å²) in [5.74, 6) is 0. The summed E-state index contributed by atoms with van der Waals surface area (Å²) in [5, 5.41) is 8.58. The maximum Gasteiger partial charge on any atom is 0.0850 e. The lowest BCUT2D eigenvalue weighted by atomic mass is 9.94. The van der Waals surface area contributed by atoms with Gasteiger partial charge in [-0.25, -0.2) is 0 Å². The molecule has 110 valence electrons. The number of nitrogens with zero attached hydrogens (tertiary/aromatic N) is 2. The molecule has 4 nitrogen and oxygen atoms in total. The number of aryl methyl sites for hydroxylation is 2. The predicted molar refractivity (Wildman–Crippen MR) is 79.9 cm³/mol. The van der Waals surface area contributed by atoms with Gasteiger partial charge in [-0.3, -0.25) is 4.68 Å². The van der Waals surface area contributed by atoms with Gasteiger partial charge in [0.05, 0.1) is 22.0 Å². The Labute approximate surface area is 121 Å². The number of likely N-dealkylation sites (N-methyl/N-ethyl adjacent to an activating group) is 1. The Bertz CT molecular complexity index is 415. The predicted octanol–water partition coefficient (Wildman–Crippen LogP) is 2.58. The van der Waals surface area contributed by atoms with Gasteiger partial charge in [0.15, 0.2) is 0 Å². The van der Waals surface area contributed by atoms with Crippen LogP contribution in [-0.2, 0) is 24.6 Å². The third-order valence-electron chi connectivity index (χ3n) is 3.60. The van der Waals surface area contributed by atoms with Crippen molar-refractivity contribution in [2.24, 2.45) is 7.05 Å². The van der Waals surface area contributed by atoms with Gasteiger partial charge in [-0.2, -0.15) is 5.10 Å². The summed E-state index contributed by atoms with van der Waals surface area (Å²) in [4.78, 5) is 0.